The van der Waals surface area contributed by atoms with Crippen molar-refractivity contribution in [2.75, 3.05) is 0 Å². The van der Waals surface area contributed by atoms with Crippen LogP contribution in [0, 0.1) is 14.9 Å². The molecule has 0 saturated heterocycles. The van der Waals surface area contributed by atoms with Crippen LogP contribution < -0.4 is 0 Å². The molecule has 0 fully saturated rings. The lowest BCUT2D eigenvalue weighted by molar-refractivity contribution is -0.384. The maximum Gasteiger partial charge on any atom is 0.269 e. The highest BCUT2D eigenvalue weighted by Crippen LogP contribution is 2.10. The number of nitrogens with one attached hydrogen (secondary N) is 1. The topological polar surface area (TPSA) is 89.1 Å². The Balaban J connectivity index is 2.23. The smallest absolute Gasteiger partial charge is 0.258 e. The molecule has 0 unspecified atom stereocenters. The van der Waals surface area contributed by atoms with E-state index in [4.69, 9.17) is 12.2 Å². The van der Waals surface area contributed by atoms with Gasteiger partial charge >= 0.3 is 0 Å². The largest absolute Gasteiger partial charge is 0.269 e. The highest BCUT2D eigenvalue weighted by atomic mass is 32.1. The van der Waals surface area contributed by atoms with Gasteiger partial charge in [-0.25, -0.2) is 0 Å². The van der Waals surface area contributed by atoms with Gasteiger partial charge in [-0.1, -0.05) is 6.92 Å². The van der Waals surface area contributed by atoms with E-state index in [1.807, 2.05) is 6.92 Å². The van der Waals surface area contributed by atoms with Crippen molar-refractivity contribution in [3.8, 4) is 0 Å². The highest BCUT2D eigenvalue weighted by molar-refractivity contribution is 7.71. The van der Waals surface area contributed by atoms with Crippen molar-refractivity contribution >= 4 is 24.1 Å². The molecule has 0 aliphatic rings. The minimum Gasteiger partial charge on any atom is -0.258 e. The summed E-state index contributed by atoms with van der Waals surface area (Å²) in [7, 11) is 0. The standard InChI is InChI=1S/C12H13N5O2S/c1-2-3-11-14-15-12(20)16(11)13-8-9-4-6-10(7-5-9)17(18)19/h4-8H,2-3H2,1H3,(H,15,20)/b13-8-. The van der Waals surface area contributed by atoms with Crippen LogP contribution in [-0.4, -0.2) is 26.0 Å². The number of H-pyrrole nitrogens is 1. The summed E-state index contributed by atoms with van der Waals surface area (Å²) in [6.07, 6.45) is 3.30. The zero-order valence-corrected chi connectivity index (χ0v) is 11.6. The van der Waals surface area contributed by atoms with Gasteiger partial charge in [0.15, 0.2) is 5.82 Å². The Kier molecular flexibility index (Phi) is 4.36. The number of nitro groups is 1. The van der Waals surface area contributed by atoms with E-state index in [0.717, 1.165) is 24.2 Å². The summed E-state index contributed by atoms with van der Waals surface area (Å²) in [6, 6.07) is 6.13. The quantitative estimate of drug-likeness (QED) is 0.397. The molecule has 0 amide bonds. The Morgan fingerprint density at radius 1 is 1.50 bits per heavy atom. The molecule has 0 bridgehead atoms. The third-order valence-corrected chi connectivity index (χ3v) is 2.88. The fraction of sp³-hybridized carbons (Fsp3) is 0.250. The lowest BCUT2D eigenvalue weighted by Crippen LogP contribution is -1.98. The maximum atomic E-state index is 10.6. The van der Waals surface area contributed by atoms with Crippen LogP contribution in [0.15, 0.2) is 29.4 Å². The minimum absolute atomic E-state index is 0.0498. The molecule has 0 aliphatic heterocycles. The summed E-state index contributed by atoms with van der Waals surface area (Å²) in [4.78, 5) is 10.1. The van der Waals surface area contributed by atoms with Crippen molar-refractivity contribution < 1.29 is 4.92 Å². The van der Waals surface area contributed by atoms with Crippen molar-refractivity contribution in [2.45, 2.75) is 19.8 Å². The molecule has 0 aliphatic carbocycles. The monoisotopic (exact) mass is 291 g/mol. The van der Waals surface area contributed by atoms with Gasteiger partial charge in [0, 0.05) is 18.6 Å². The molecule has 1 aromatic heterocycles. The van der Waals surface area contributed by atoms with Crippen LogP contribution in [0.4, 0.5) is 5.69 Å². The van der Waals surface area contributed by atoms with Crippen LogP contribution in [0.1, 0.15) is 24.7 Å². The van der Waals surface area contributed by atoms with E-state index >= 15 is 0 Å². The van der Waals surface area contributed by atoms with E-state index in [2.05, 4.69) is 15.3 Å². The lowest BCUT2D eigenvalue weighted by atomic mass is 10.2. The van der Waals surface area contributed by atoms with Crippen LogP contribution in [-0.2, 0) is 6.42 Å². The van der Waals surface area contributed by atoms with E-state index in [-0.39, 0.29) is 5.69 Å². The second-order valence-corrected chi connectivity index (χ2v) is 4.49. The number of rotatable bonds is 5. The summed E-state index contributed by atoms with van der Waals surface area (Å²) in [6.45, 7) is 2.04. The van der Waals surface area contributed by atoms with Crippen LogP contribution in [0.2, 0.25) is 0 Å². The van der Waals surface area contributed by atoms with Gasteiger partial charge in [0.2, 0.25) is 4.77 Å². The Bertz CT molecular complexity index is 687. The Labute approximate surface area is 120 Å². The number of aromatic amines is 1. The van der Waals surface area contributed by atoms with Gasteiger partial charge in [-0.15, -0.1) is 0 Å². The molecule has 2 rings (SSSR count). The van der Waals surface area contributed by atoms with Crippen molar-refractivity contribution in [1.29, 1.82) is 0 Å². The van der Waals surface area contributed by atoms with Crippen molar-refractivity contribution in [3.05, 3.63) is 50.5 Å². The average Bonchev–Trinajstić information content (AvgIpc) is 2.78. The molecule has 0 radical (unpaired) electrons. The van der Waals surface area contributed by atoms with Crippen LogP contribution in [0.3, 0.4) is 0 Å². The van der Waals surface area contributed by atoms with Gasteiger partial charge in [0.25, 0.3) is 5.69 Å². The number of aryl methyl sites for hydroxylation is 1. The van der Waals surface area contributed by atoms with Crippen LogP contribution in [0.25, 0.3) is 0 Å². The molecule has 104 valence electrons. The van der Waals surface area contributed by atoms with E-state index in [1.165, 1.54) is 12.1 Å². The summed E-state index contributed by atoms with van der Waals surface area (Å²) in [5.41, 5.74) is 0.801. The highest BCUT2D eigenvalue weighted by Gasteiger charge is 2.04. The Hall–Kier alpha value is -2.35. The SMILES string of the molecule is CCCc1n[nH]c(=S)n1/N=C\c1ccc([N+](=O)[O-])cc1. The molecule has 2 aromatic rings. The molecule has 1 heterocycles. The molecule has 1 N–H and O–H groups in total. The molecular formula is C12H13N5O2S. The first-order valence-corrected chi connectivity index (χ1v) is 6.47. The number of hydrogen-bond acceptors (Lipinski definition) is 5. The van der Waals surface area contributed by atoms with Gasteiger partial charge in [0.1, 0.15) is 0 Å². The average molecular weight is 291 g/mol. The zero-order valence-electron chi connectivity index (χ0n) is 10.8. The number of non-ortho nitro benzene ring substituents is 1. The first-order valence-electron chi connectivity index (χ1n) is 6.07. The predicted molar refractivity (Wildman–Crippen MR) is 77.5 cm³/mol. The first-order chi connectivity index (χ1) is 9.61. The number of hydrogen-bond donors (Lipinski definition) is 1. The van der Waals surface area contributed by atoms with Crippen LogP contribution >= 0.6 is 12.2 Å². The number of nitro benzene ring substituents is 1. The number of benzene rings is 1. The first kappa shape index (κ1) is 14.1. The minimum atomic E-state index is -0.438. The Morgan fingerprint density at radius 3 is 2.80 bits per heavy atom. The fourth-order valence-electron chi connectivity index (χ4n) is 1.64. The molecular weight excluding hydrogens is 278 g/mol. The van der Waals surface area contributed by atoms with Gasteiger partial charge < -0.3 is 0 Å². The second kappa shape index (κ2) is 6.20. The predicted octanol–water partition coefficient (Wildman–Crippen LogP) is 2.68. The summed E-state index contributed by atoms with van der Waals surface area (Å²) >= 11 is 5.10. The van der Waals surface area contributed by atoms with E-state index in [0.29, 0.717) is 4.77 Å². The van der Waals surface area contributed by atoms with E-state index in [9.17, 15) is 10.1 Å². The molecule has 8 heteroatoms. The molecule has 1 aromatic carbocycles. The number of aromatic nitrogens is 3. The third kappa shape index (κ3) is 3.15. The van der Waals surface area contributed by atoms with Crippen molar-refractivity contribution in [3.63, 3.8) is 0 Å². The third-order valence-electron chi connectivity index (χ3n) is 2.62. The van der Waals surface area contributed by atoms with E-state index in [1.54, 1.807) is 23.0 Å². The van der Waals surface area contributed by atoms with Gasteiger partial charge in [-0.3, -0.25) is 15.2 Å². The van der Waals surface area contributed by atoms with Gasteiger partial charge in [-0.05, 0) is 36.3 Å². The zero-order chi connectivity index (χ0) is 14.5. The maximum absolute atomic E-state index is 10.6. The fourth-order valence-corrected chi connectivity index (χ4v) is 1.83. The molecule has 7 nitrogen and oxygen atoms in total. The van der Waals surface area contributed by atoms with Gasteiger partial charge in [-0.2, -0.15) is 14.9 Å². The van der Waals surface area contributed by atoms with Gasteiger partial charge in [0.05, 0.1) is 11.1 Å². The normalized spacial score (nSPS) is 11.1. The molecule has 0 saturated carbocycles. The second-order valence-electron chi connectivity index (χ2n) is 4.10. The summed E-state index contributed by atoms with van der Waals surface area (Å²) < 4.78 is 1.98. The van der Waals surface area contributed by atoms with Crippen LogP contribution in [0.5, 0.6) is 0 Å². The molecule has 0 atom stereocenters. The van der Waals surface area contributed by atoms with Crippen molar-refractivity contribution in [1.82, 2.24) is 14.9 Å². The molecule has 20 heavy (non-hydrogen) atoms. The van der Waals surface area contributed by atoms with E-state index < -0.39 is 4.92 Å². The lowest BCUT2D eigenvalue weighted by Gasteiger charge is -1.98. The summed E-state index contributed by atoms with van der Waals surface area (Å²) in [5, 5.41) is 21.6. The Morgan fingerprint density at radius 2 is 2.20 bits per heavy atom. The number of nitrogens with zero attached hydrogens (tertiary/aromatic N) is 4. The van der Waals surface area contributed by atoms with Crippen molar-refractivity contribution in [2.24, 2.45) is 5.10 Å². The molecule has 0 spiro atoms. The summed E-state index contributed by atoms with van der Waals surface area (Å²) in [5.74, 6) is 0.760.